The number of methoxy groups -OCH3 is 1. The third kappa shape index (κ3) is 5.12. The van der Waals surface area contributed by atoms with Crippen molar-refractivity contribution < 1.29 is 63.8 Å². The quantitative estimate of drug-likeness (QED) is 0.212. The molecule has 2 aliphatic rings. The second kappa shape index (κ2) is 10.7. The summed E-state index contributed by atoms with van der Waals surface area (Å²) in [6, 6.07) is 2.42. The normalized spacial score (nSPS) is 36.5. The van der Waals surface area contributed by atoms with Gasteiger partial charge in [-0.3, -0.25) is 4.79 Å². The van der Waals surface area contributed by atoms with Crippen LogP contribution in [0.4, 0.5) is 0 Å². The number of aliphatic hydroxyl groups is 6. The summed E-state index contributed by atoms with van der Waals surface area (Å²) in [6.07, 6.45) is -14.9. The molecule has 14 nitrogen and oxygen atoms in total. The van der Waals surface area contributed by atoms with Gasteiger partial charge in [0.25, 0.3) is 0 Å². The van der Waals surface area contributed by atoms with Crippen LogP contribution in [0.5, 0.6) is 17.2 Å². The van der Waals surface area contributed by atoms with Crippen LogP contribution in [-0.4, -0.2) is 111 Å². The Balaban J connectivity index is 1.55. The van der Waals surface area contributed by atoms with Gasteiger partial charge in [0.15, 0.2) is 23.2 Å². The number of aromatic hydroxyl groups is 1. The molecule has 2 saturated heterocycles. The molecule has 7 N–H and O–H groups in total. The van der Waals surface area contributed by atoms with Gasteiger partial charge in [0.2, 0.25) is 12.0 Å². The van der Waals surface area contributed by atoms with Gasteiger partial charge in [-0.15, -0.1) is 0 Å². The van der Waals surface area contributed by atoms with Crippen LogP contribution in [-0.2, 0) is 14.2 Å². The molecule has 0 radical (unpaired) electrons. The van der Waals surface area contributed by atoms with E-state index in [0.29, 0.717) is 0 Å². The third-order valence-corrected chi connectivity index (χ3v) is 6.38. The first kappa shape index (κ1) is 27.5. The van der Waals surface area contributed by atoms with Crippen LogP contribution >= 0.6 is 0 Å². The fraction of sp³-hybridized carbons (Fsp3) is 0.609. The molecular weight excluding hydrogens is 500 g/mol. The second-order valence-electron chi connectivity index (χ2n) is 9.00. The summed E-state index contributed by atoms with van der Waals surface area (Å²) in [6.45, 7) is 2.50. The van der Waals surface area contributed by atoms with Gasteiger partial charge in [-0.2, -0.15) is 0 Å². The van der Waals surface area contributed by atoms with E-state index in [4.69, 9.17) is 28.1 Å². The molecule has 206 valence electrons. The zero-order valence-electron chi connectivity index (χ0n) is 20.1. The summed E-state index contributed by atoms with van der Waals surface area (Å²) < 4.78 is 32.7. The fourth-order valence-electron chi connectivity index (χ4n) is 4.28. The number of aliphatic hydroxyl groups excluding tert-OH is 6. The molecule has 0 amide bonds. The number of rotatable bonds is 6. The maximum Gasteiger partial charge on any atom is 0.229 e. The first-order chi connectivity index (χ1) is 17.4. The van der Waals surface area contributed by atoms with Gasteiger partial charge in [-0.25, -0.2) is 0 Å². The van der Waals surface area contributed by atoms with Gasteiger partial charge in [-0.1, -0.05) is 0 Å². The van der Waals surface area contributed by atoms with Crippen molar-refractivity contribution in [2.75, 3.05) is 13.7 Å². The molecule has 0 saturated carbocycles. The molecule has 0 bridgehead atoms. The molecule has 1 aromatic heterocycles. The Hall–Kier alpha value is -2.53. The average Bonchev–Trinajstić information content (AvgIpc) is 2.84. The standard InChI is InChI=1S/C23H30O14/c1-7-4-9(24)13-10(34-7)5-11(21(32-3)16(13)27)36-23-20(31)18(29)15(26)12(37-23)6-33-22-19(30)17(28)14(25)8(2)35-22/h4-5,8,12,14-15,17-20,22-23,25-31H,6H2,1-3H3. The van der Waals surface area contributed by atoms with Crippen LogP contribution in [0, 0.1) is 6.92 Å². The van der Waals surface area contributed by atoms with E-state index in [1.165, 1.54) is 33.1 Å². The maximum atomic E-state index is 12.3. The van der Waals surface area contributed by atoms with Crippen molar-refractivity contribution in [1.29, 1.82) is 0 Å². The maximum absolute atomic E-state index is 12.3. The highest BCUT2D eigenvalue weighted by molar-refractivity contribution is 5.88. The lowest BCUT2D eigenvalue weighted by Gasteiger charge is -2.42. The molecule has 37 heavy (non-hydrogen) atoms. The smallest absolute Gasteiger partial charge is 0.229 e. The summed E-state index contributed by atoms with van der Waals surface area (Å²) in [5.41, 5.74) is -0.563. The monoisotopic (exact) mass is 530 g/mol. The summed E-state index contributed by atoms with van der Waals surface area (Å²) in [5, 5.41) is 71.6. The summed E-state index contributed by atoms with van der Waals surface area (Å²) in [7, 11) is 1.21. The molecule has 0 spiro atoms. The Morgan fingerprint density at radius 3 is 2.22 bits per heavy atom. The number of benzene rings is 1. The van der Waals surface area contributed by atoms with Crippen molar-refractivity contribution in [1.82, 2.24) is 0 Å². The lowest BCUT2D eigenvalue weighted by molar-refractivity contribution is -0.318. The Labute approximate surface area is 209 Å². The van der Waals surface area contributed by atoms with E-state index >= 15 is 0 Å². The number of phenolic OH excluding ortho intramolecular Hbond substituents is 1. The molecule has 0 aliphatic carbocycles. The number of phenols is 1. The zero-order valence-corrected chi connectivity index (χ0v) is 20.1. The number of fused-ring (bicyclic) bond motifs is 1. The van der Waals surface area contributed by atoms with Gasteiger partial charge in [0.1, 0.15) is 59.5 Å². The van der Waals surface area contributed by atoms with Crippen molar-refractivity contribution in [3.63, 3.8) is 0 Å². The van der Waals surface area contributed by atoms with Gasteiger partial charge in [0, 0.05) is 12.1 Å². The molecule has 10 unspecified atom stereocenters. The molecule has 2 aromatic rings. The summed E-state index contributed by atoms with van der Waals surface area (Å²) in [4.78, 5) is 12.3. The first-order valence-electron chi connectivity index (χ1n) is 11.5. The lowest BCUT2D eigenvalue weighted by Crippen LogP contribution is -2.61. The van der Waals surface area contributed by atoms with Crippen molar-refractivity contribution in [3.8, 4) is 17.2 Å². The van der Waals surface area contributed by atoms with Crippen LogP contribution in [0.2, 0.25) is 0 Å². The van der Waals surface area contributed by atoms with Gasteiger partial charge < -0.3 is 63.8 Å². The highest BCUT2D eigenvalue weighted by Gasteiger charge is 2.47. The van der Waals surface area contributed by atoms with Crippen LogP contribution in [0.15, 0.2) is 21.3 Å². The van der Waals surface area contributed by atoms with Crippen LogP contribution < -0.4 is 14.9 Å². The highest BCUT2D eigenvalue weighted by atomic mass is 16.7. The number of ether oxygens (including phenoxy) is 5. The van der Waals surface area contributed by atoms with Crippen LogP contribution in [0.3, 0.4) is 0 Å². The molecule has 4 rings (SSSR count). The summed E-state index contributed by atoms with van der Waals surface area (Å²) in [5.74, 6) is -0.789. The largest absolute Gasteiger partial charge is 0.504 e. The van der Waals surface area contributed by atoms with Crippen LogP contribution in [0.25, 0.3) is 11.0 Å². The minimum atomic E-state index is -1.77. The minimum Gasteiger partial charge on any atom is -0.504 e. The first-order valence-corrected chi connectivity index (χ1v) is 11.5. The minimum absolute atomic E-state index is 0.0395. The molecule has 14 heteroatoms. The van der Waals surface area contributed by atoms with E-state index in [1.54, 1.807) is 0 Å². The van der Waals surface area contributed by atoms with E-state index in [0.717, 1.165) is 0 Å². The van der Waals surface area contributed by atoms with E-state index in [-0.39, 0.29) is 28.2 Å². The van der Waals surface area contributed by atoms with E-state index in [9.17, 15) is 40.5 Å². The van der Waals surface area contributed by atoms with Crippen molar-refractivity contribution in [2.45, 2.75) is 75.3 Å². The van der Waals surface area contributed by atoms with E-state index in [1.807, 2.05) is 0 Å². The number of hydrogen-bond donors (Lipinski definition) is 7. The van der Waals surface area contributed by atoms with Crippen molar-refractivity contribution in [3.05, 3.63) is 28.1 Å². The third-order valence-electron chi connectivity index (χ3n) is 6.38. The zero-order chi connectivity index (χ0) is 27.2. The number of aryl methyl sites for hydroxylation is 1. The van der Waals surface area contributed by atoms with Crippen molar-refractivity contribution >= 4 is 11.0 Å². The molecule has 2 aliphatic heterocycles. The van der Waals surface area contributed by atoms with Gasteiger partial charge in [-0.05, 0) is 13.8 Å². The SMILES string of the molecule is COc1c(OC2OC(COC3OC(C)C(O)C(O)C3O)C(O)C(O)C2O)cc2oc(C)cc(=O)c2c1O. The molecule has 3 heterocycles. The Kier molecular flexibility index (Phi) is 7.94. The fourth-order valence-corrected chi connectivity index (χ4v) is 4.28. The van der Waals surface area contributed by atoms with Crippen molar-refractivity contribution in [2.24, 2.45) is 0 Å². The Morgan fingerprint density at radius 2 is 1.54 bits per heavy atom. The summed E-state index contributed by atoms with van der Waals surface area (Å²) >= 11 is 0. The predicted molar refractivity (Wildman–Crippen MR) is 121 cm³/mol. The molecule has 10 atom stereocenters. The lowest BCUT2D eigenvalue weighted by atomic mass is 9.98. The van der Waals surface area contributed by atoms with Gasteiger partial charge >= 0.3 is 0 Å². The van der Waals surface area contributed by atoms with Crippen LogP contribution in [0.1, 0.15) is 12.7 Å². The Morgan fingerprint density at radius 1 is 0.892 bits per heavy atom. The average molecular weight is 530 g/mol. The number of hydrogen-bond acceptors (Lipinski definition) is 14. The molecule has 2 fully saturated rings. The molecule has 1 aromatic carbocycles. The predicted octanol–water partition coefficient (Wildman–Crippen LogP) is -2.15. The van der Waals surface area contributed by atoms with E-state index in [2.05, 4.69) is 0 Å². The van der Waals surface area contributed by atoms with Gasteiger partial charge in [0.05, 0.1) is 19.8 Å². The van der Waals surface area contributed by atoms with E-state index < -0.39 is 79.2 Å². The second-order valence-corrected chi connectivity index (χ2v) is 9.00. The topological polar surface area (TPSA) is 218 Å². The molecular formula is C23H30O14. The Bertz CT molecular complexity index is 1170. The highest BCUT2D eigenvalue weighted by Crippen LogP contribution is 2.43.